The molecular weight excluding hydrogens is 208 g/mol. The van der Waals surface area contributed by atoms with Crippen LogP contribution in [0.25, 0.3) is 0 Å². The maximum atomic E-state index is 10.9. The molecule has 0 aliphatic carbocycles. The van der Waals surface area contributed by atoms with E-state index in [0.717, 1.165) is 11.8 Å². The van der Waals surface area contributed by atoms with E-state index in [1.807, 2.05) is 0 Å². The fraction of sp³-hybridized carbons (Fsp3) is 0.571. The van der Waals surface area contributed by atoms with Gasteiger partial charge in [0.1, 0.15) is 0 Å². The van der Waals surface area contributed by atoms with Gasteiger partial charge in [0.05, 0.1) is 11.5 Å². The number of nitrogens with one attached hydrogen (secondary N) is 1. The highest BCUT2D eigenvalue weighted by atomic mass is 32.2. The molecule has 0 saturated carbocycles. The fourth-order valence-electron chi connectivity index (χ4n) is 0.607. The van der Waals surface area contributed by atoms with E-state index in [2.05, 4.69) is 5.32 Å². The van der Waals surface area contributed by atoms with Crippen molar-refractivity contribution < 1.29 is 19.5 Å². The number of carbonyl (C=O) groups excluding carboxylic acids is 2. The monoisotopic (exact) mass is 220 g/mol. The first-order valence-corrected chi connectivity index (χ1v) is 5.02. The summed E-state index contributed by atoms with van der Waals surface area (Å²) in [6.45, 7) is 0.196. The van der Waals surface area contributed by atoms with Crippen molar-refractivity contribution >= 4 is 29.5 Å². The topological polar surface area (TPSA) is 109 Å². The minimum absolute atomic E-state index is 0.0745. The molecule has 2 amide bonds. The number of carbonyl (C=O) groups is 3. The van der Waals surface area contributed by atoms with Crippen molar-refractivity contribution in [3.8, 4) is 0 Å². The lowest BCUT2D eigenvalue weighted by molar-refractivity contribution is -0.134. The van der Waals surface area contributed by atoms with Crippen LogP contribution in [0.15, 0.2) is 0 Å². The molecule has 0 spiro atoms. The van der Waals surface area contributed by atoms with Gasteiger partial charge in [-0.05, 0) is 0 Å². The van der Waals surface area contributed by atoms with Crippen molar-refractivity contribution in [1.82, 2.24) is 5.32 Å². The molecule has 0 aromatic rings. The number of carboxylic acids is 1. The van der Waals surface area contributed by atoms with Crippen LogP contribution in [-0.4, -0.2) is 40.9 Å². The number of aliphatic carboxylic acids is 1. The Balaban J connectivity index is 3.37. The highest BCUT2D eigenvalue weighted by Gasteiger charge is 2.03. The van der Waals surface area contributed by atoms with Gasteiger partial charge in [-0.3, -0.25) is 14.4 Å². The number of hydrogen-bond acceptors (Lipinski definition) is 4. The van der Waals surface area contributed by atoms with Gasteiger partial charge < -0.3 is 16.2 Å². The van der Waals surface area contributed by atoms with Crippen LogP contribution in [-0.2, 0) is 14.4 Å². The third-order valence-corrected chi connectivity index (χ3v) is 2.07. The van der Waals surface area contributed by atoms with Gasteiger partial charge in [0.15, 0.2) is 0 Å². The van der Waals surface area contributed by atoms with Gasteiger partial charge in [0, 0.05) is 13.0 Å². The maximum Gasteiger partial charge on any atom is 0.313 e. The molecule has 0 aliphatic rings. The van der Waals surface area contributed by atoms with Crippen molar-refractivity contribution in [1.29, 1.82) is 0 Å². The van der Waals surface area contributed by atoms with Crippen LogP contribution >= 0.6 is 11.8 Å². The third kappa shape index (κ3) is 8.85. The molecule has 4 N–H and O–H groups in total. The number of rotatable bonds is 7. The summed E-state index contributed by atoms with van der Waals surface area (Å²) in [5.74, 6) is -1.77. The zero-order valence-electron chi connectivity index (χ0n) is 7.49. The minimum atomic E-state index is -0.958. The average Bonchev–Trinajstić information content (AvgIpc) is 2.02. The first-order chi connectivity index (χ1) is 6.52. The fourth-order valence-corrected chi connectivity index (χ4v) is 1.17. The third-order valence-electron chi connectivity index (χ3n) is 1.15. The second-order valence-electron chi connectivity index (χ2n) is 2.45. The van der Waals surface area contributed by atoms with Crippen LogP contribution in [0.1, 0.15) is 6.42 Å². The molecule has 6 nitrogen and oxygen atoms in total. The quantitative estimate of drug-likeness (QED) is 0.499. The van der Waals surface area contributed by atoms with Crippen LogP contribution in [0, 0.1) is 0 Å². The molecule has 0 radical (unpaired) electrons. The Hall–Kier alpha value is -1.24. The summed E-state index contributed by atoms with van der Waals surface area (Å²) in [5.41, 5.74) is 4.85. The van der Waals surface area contributed by atoms with Crippen LogP contribution in [0.5, 0.6) is 0 Å². The van der Waals surface area contributed by atoms with E-state index in [9.17, 15) is 14.4 Å². The Morgan fingerprint density at radius 2 is 1.93 bits per heavy atom. The standard InChI is InChI=1S/C7H12N2O4S/c8-5(10)1-2-9-6(11)3-14-4-7(12)13/h1-4H2,(H2,8,10)(H,9,11)(H,12,13). The Kier molecular flexibility index (Phi) is 6.55. The summed E-state index contributed by atoms with van der Waals surface area (Å²) < 4.78 is 0. The summed E-state index contributed by atoms with van der Waals surface area (Å²) in [6, 6.07) is 0. The van der Waals surface area contributed by atoms with Crippen molar-refractivity contribution in [3.05, 3.63) is 0 Å². The van der Waals surface area contributed by atoms with Gasteiger partial charge in [0.25, 0.3) is 0 Å². The summed E-state index contributed by atoms with van der Waals surface area (Å²) in [5, 5.41) is 10.7. The van der Waals surface area contributed by atoms with E-state index in [0.29, 0.717) is 0 Å². The van der Waals surface area contributed by atoms with Crippen LogP contribution in [0.2, 0.25) is 0 Å². The normalized spacial score (nSPS) is 9.43. The van der Waals surface area contributed by atoms with E-state index in [1.54, 1.807) is 0 Å². The van der Waals surface area contributed by atoms with Crippen molar-refractivity contribution in [2.45, 2.75) is 6.42 Å². The highest BCUT2D eigenvalue weighted by Crippen LogP contribution is 1.97. The Morgan fingerprint density at radius 1 is 1.29 bits per heavy atom. The molecule has 0 fully saturated rings. The summed E-state index contributed by atoms with van der Waals surface area (Å²) in [4.78, 5) is 31.3. The van der Waals surface area contributed by atoms with E-state index in [-0.39, 0.29) is 30.4 Å². The van der Waals surface area contributed by atoms with Gasteiger partial charge >= 0.3 is 5.97 Å². The number of carboxylic acid groups (broad SMARTS) is 1. The predicted octanol–water partition coefficient (Wildman–Crippen LogP) is -1.20. The molecule has 0 aliphatic heterocycles. The number of amides is 2. The summed E-state index contributed by atoms with van der Waals surface area (Å²) >= 11 is 1.00. The lowest BCUT2D eigenvalue weighted by atomic mass is 10.4. The van der Waals surface area contributed by atoms with E-state index < -0.39 is 11.9 Å². The van der Waals surface area contributed by atoms with Crippen molar-refractivity contribution in [2.75, 3.05) is 18.1 Å². The largest absolute Gasteiger partial charge is 0.481 e. The van der Waals surface area contributed by atoms with E-state index in [4.69, 9.17) is 10.8 Å². The van der Waals surface area contributed by atoms with Gasteiger partial charge in [0.2, 0.25) is 11.8 Å². The van der Waals surface area contributed by atoms with Crippen LogP contribution in [0.4, 0.5) is 0 Å². The van der Waals surface area contributed by atoms with Crippen molar-refractivity contribution in [2.24, 2.45) is 5.73 Å². The van der Waals surface area contributed by atoms with Crippen LogP contribution in [0.3, 0.4) is 0 Å². The molecule has 0 rings (SSSR count). The summed E-state index contributed by atoms with van der Waals surface area (Å²) in [7, 11) is 0. The lowest BCUT2D eigenvalue weighted by Gasteiger charge is -2.01. The molecule has 7 heteroatoms. The average molecular weight is 220 g/mol. The Labute approximate surface area is 85.2 Å². The zero-order chi connectivity index (χ0) is 11.0. The first kappa shape index (κ1) is 12.8. The Morgan fingerprint density at radius 3 is 2.43 bits per heavy atom. The molecule has 0 atom stereocenters. The minimum Gasteiger partial charge on any atom is -0.481 e. The Bertz CT molecular complexity index is 210. The summed E-state index contributed by atoms with van der Waals surface area (Å²) in [6.07, 6.45) is 0.0926. The van der Waals surface area contributed by atoms with Gasteiger partial charge in [-0.2, -0.15) is 0 Å². The van der Waals surface area contributed by atoms with Crippen molar-refractivity contribution in [3.63, 3.8) is 0 Å². The number of hydrogen-bond donors (Lipinski definition) is 3. The molecular formula is C7H12N2O4S. The molecule has 0 unspecified atom stereocenters. The number of nitrogens with two attached hydrogens (primary N) is 1. The van der Waals surface area contributed by atoms with Gasteiger partial charge in [-0.25, -0.2) is 0 Å². The smallest absolute Gasteiger partial charge is 0.313 e. The van der Waals surface area contributed by atoms with Gasteiger partial charge in [-0.15, -0.1) is 11.8 Å². The van der Waals surface area contributed by atoms with E-state index in [1.165, 1.54) is 0 Å². The second kappa shape index (κ2) is 7.19. The zero-order valence-corrected chi connectivity index (χ0v) is 8.30. The maximum absolute atomic E-state index is 10.9. The number of thioether (sulfide) groups is 1. The molecule has 0 bridgehead atoms. The lowest BCUT2D eigenvalue weighted by Crippen LogP contribution is -2.29. The molecule has 0 saturated heterocycles. The molecule has 0 heterocycles. The number of primary amides is 1. The first-order valence-electron chi connectivity index (χ1n) is 3.87. The predicted molar refractivity (Wildman–Crippen MR) is 51.8 cm³/mol. The van der Waals surface area contributed by atoms with Crippen LogP contribution < -0.4 is 11.1 Å². The molecule has 14 heavy (non-hydrogen) atoms. The highest BCUT2D eigenvalue weighted by molar-refractivity contribution is 8.00. The van der Waals surface area contributed by atoms with E-state index >= 15 is 0 Å². The molecule has 0 aromatic carbocycles. The SMILES string of the molecule is NC(=O)CCNC(=O)CSCC(=O)O. The molecule has 0 aromatic heterocycles. The molecule has 80 valence electrons. The van der Waals surface area contributed by atoms with Gasteiger partial charge in [-0.1, -0.05) is 0 Å². The second-order valence-corrected chi connectivity index (χ2v) is 3.44.